The van der Waals surface area contributed by atoms with Gasteiger partial charge in [0.05, 0.1) is 23.1 Å². The molecule has 3 aromatic rings. The second-order valence-corrected chi connectivity index (χ2v) is 7.77. The van der Waals surface area contributed by atoms with Crippen LogP contribution >= 0.6 is 0 Å². The summed E-state index contributed by atoms with van der Waals surface area (Å²) in [7, 11) is 0. The van der Waals surface area contributed by atoms with Crippen molar-refractivity contribution in [3.8, 4) is 5.75 Å². The lowest BCUT2D eigenvalue weighted by molar-refractivity contribution is -0.384. The summed E-state index contributed by atoms with van der Waals surface area (Å²) in [5.74, 6) is -1.46. The summed E-state index contributed by atoms with van der Waals surface area (Å²) in [6.45, 7) is 4.11. The number of ketones is 1. The molecule has 0 bridgehead atoms. The smallest absolute Gasteiger partial charge is 0.300 e. The monoisotopic (exact) mass is 458 g/mol. The molecule has 1 aliphatic heterocycles. The fraction of sp³-hybridized carbons (Fsp3) is 0.154. The normalized spacial score (nSPS) is 17.1. The number of hydrogen-bond acceptors (Lipinski definition) is 6. The highest BCUT2D eigenvalue weighted by atomic mass is 16.6. The number of benzene rings is 3. The van der Waals surface area contributed by atoms with Crippen LogP contribution in [-0.4, -0.2) is 28.3 Å². The van der Waals surface area contributed by atoms with Crippen LogP contribution in [0.1, 0.15) is 29.7 Å². The molecule has 1 N–H and O–H groups in total. The van der Waals surface area contributed by atoms with Crippen LogP contribution in [0, 0.1) is 17.0 Å². The van der Waals surface area contributed by atoms with E-state index in [1.165, 1.54) is 29.2 Å². The Labute approximate surface area is 195 Å². The van der Waals surface area contributed by atoms with Gasteiger partial charge in [-0.3, -0.25) is 24.6 Å². The molecular weight excluding hydrogens is 436 g/mol. The van der Waals surface area contributed by atoms with Crippen LogP contribution in [0.15, 0.2) is 78.4 Å². The van der Waals surface area contributed by atoms with E-state index in [1.807, 2.05) is 26.0 Å². The number of para-hydroxylation sites is 1. The molecule has 0 spiro atoms. The summed E-state index contributed by atoms with van der Waals surface area (Å²) in [6, 6.07) is 18.4. The second kappa shape index (κ2) is 9.19. The molecule has 0 aliphatic carbocycles. The number of carbonyl (C=O) groups is 2. The van der Waals surface area contributed by atoms with Gasteiger partial charge in [0, 0.05) is 23.4 Å². The summed E-state index contributed by atoms with van der Waals surface area (Å²) in [5, 5.41) is 22.2. The number of anilines is 1. The van der Waals surface area contributed by atoms with Gasteiger partial charge >= 0.3 is 0 Å². The third kappa shape index (κ3) is 4.01. The van der Waals surface area contributed by atoms with Crippen molar-refractivity contribution in [1.29, 1.82) is 0 Å². The van der Waals surface area contributed by atoms with Gasteiger partial charge in [0.2, 0.25) is 0 Å². The van der Waals surface area contributed by atoms with Gasteiger partial charge in [-0.15, -0.1) is 0 Å². The van der Waals surface area contributed by atoms with Gasteiger partial charge < -0.3 is 9.84 Å². The Hall–Kier alpha value is -4.46. The quantitative estimate of drug-likeness (QED) is 0.184. The van der Waals surface area contributed by atoms with Crippen molar-refractivity contribution in [1.82, 2.24) is 0 Å². The van der Waals surface area contributed by atoms with Crippen molar-refractivity contribution in [2.45, 2.75) is 19.9 Å². The Morgan fingerprint density at radius 2 is 1.76 bits per heavy atom. The van der Waals surface area contributed by atoms with Crippen molar-refractivity contribution < 1.29 is 24.4 Å². The first-order chi connectivity index (χ1) is 16.3. The third-order valence-electron chi connectivity index (χ3n) is 5.66. The molecule has 1 fully saturated rings. The lowest BCUT2D eigenvalue weighted by Crippen LogP contribution is -2.30. The predicted octanol–water partition coefficient (Wildman–Crippen LogP) is 4.93. The maximum atomic E-state index is 13.3. The number of aliphatic hydroxyl groups excluding tert-OH is 1. The number of nitro benzene ring substituents is 1. The first kappa shape index (κ1) is 22.7. The SMILES string of the molecule is CCOc1cccc(C2/C(=C(\O)c3ccc([N+](=O)[O-])cc3)C(=O)C(=O)N2c2ccccc2C)c1. The number of nitro groups is 1. The van der Waals surface area contributed by atoms with E-state index < -0.39 is 28.4 Å². The maximum Gasteiger partial charge on any atom is 0.300 e. The summed E-state index contributed by atoms with van der Waals surface area (Å²) >= 11 is 0. The molecule has 34 heavy (non-hydrogen) atoms. The largest absolute Gasteiger partial charge is 0.507 e. The summed E-state index contributed by atoms with van der Waals surface area (Å²) < 4.78 is 5.61. The number of hydrogen-bond donors (Lipinski definition) is 1. The van der Waals surface area contributed by atoms with E-state index in [9.17, 15) is 24.8 Å². The van der Waals surface area contributed by atoms with Crippen LogP contribution in [0.3, 0.4) is 0 Å². The molecule has 1 aliphatic rings. The van der Waals surface area contributed by atoms with E-state index in [4.69, 9.17) is 4.74 Å². The highest BCUT2D eigenvalue weighted by Crippen LogP contribution is 2.43. The van der Waals surface area contributed by atoms with Crippen LogP contribution in [0.25, 0.3) is 5.76 Å². The van der Waals surface area contributed by atoms with Gasteiger partial charge in [-0.25, -0.2) is 0 Å². The minimum atomic E-state index is -0.920. The fourth-order valence-corrected chi connectivity index (χ4v) is 4.07. The van der Waals surface area contributed by atoms with Gasteiger partial charge in [0.15, 0.2) is 0 Å². The predicted molar refractivity (Wildman–Crippen MR) is 127 cm³/mol. The average Bonchev–Trinajstić information content (AvgIpc) is 3.10. The molecule has 1 atom stereocenters. The van der Waals surface area contributed by atoms with Gasteiger partial charge in [0.1, 0.15) is 11.5 Å². The summed E-state index contributed by atoms with van der Waals surface area (Å²) in [4.78, 5) is 38.3. The number of carbonyl (C=O) groups excluding carboxylic acids is 2. The van der Waals surface area contributed by atoms with Crippen LogP contribution in [0.5, 0.6) is 5.75 Å². The lowest BCUT2D eigenvalue weighted by atomic mass is 9.94. The zero-order valence-corrected chi connectivity index (χ0v) is 18.6. The van der Waals surface area contributed by atoms with Gasteiger partial charge in [-0.05, 0) is 55.3 Å². The highest BCUT2D eigenvalue weighted by molar-refractivity contribution is 6.51. The first-order valence-electron chi connectivity index (χ1n) is 10.7. The van der Waals surface area contributed by atoms with Crippen LogP contribution < -0.4 is 9.64 Å². The molecule has 0 aromatic heterocycles. The average molecular weight is 458 g/mol. The minimum absolute atomic E-state index is 0.101. The Morgan fingerprint density at radius 1 is 1.06 bits per heavy atom. The number of Topliss-reactive ketones (excluding diaryl/α,β-unsaturated/α-hetero) is 1. The van der Waals surface area contributed by atoms with Gasteiger partial charge in [-0.1, -0.05) is 30.3 Å². The lowest BCUT2D eigenvalue weighted by Gasteiger charge is -2.27. The van der Waals surface area contributed by atoms with Crippen molar-refractivity contribution in [2.24, 2.45) is 0 Å². The number of amides is 1. The third-order valence-corrected chi connectivity index (χ3v) is 5.66. The zero-order valence-electron chi connectivity index (χ0n) is 18.6. The van der Waals surface area contributed by atoms with Crippen molar-refractivity contribution >= 4 is 28.8 Å². The molecule has 0 saturated carbocycles. The number of ether oxygens (including phenoxy) is 1. The second-order valence-electron chi connectivity index (χ2n) is 7.77. The number of aryl methyl sites for hydroxylation is 1. The molecule has 8 heteroatoms. The molecule has 1 saturated heterocycles. The molecular formula is C26H22N2O6. The topological polar surface area (TPSA) is 110 Å². The Morgan fingerprint density at radius 3 is 2.41 bits per heavy atom. The summed E-state index contributed by atoms with van der Waals surface area (Å²) in [5.41, 5.74) is 1.84. The van der Waals surface area contributed by atoms with Crippen LogP contribution in [0.2, 0.25) is 0 Å². The standard InChI is InChI=1S/C26H22N2O6/c1-3-34-20-9-6-8-18(15-20)23-22(24(29)17-11-13-19(14-12-17)28(32)33)25(30)26(31)27(23)21-10-5-4-7-16(21)2/h4-15,23,29H,3H2,1-2H3/b24-22+. The molecule has 172 valence electrons. The number of non-ortho nitro benzene ring substituents is 1. The van der Waals surface area contributed by atoms with Crippen LogP contribution in [0.4, 0.5) is 11.4 Å². The van der Waals surface area contributed by atoms with E-state index in [1.54, 1.807) is 36.4 Å². The van der Waals surface area contributed by atoms with E-state index >= 15 is 0 Å². The molecule has 3 aromatic carbocycles. The first-order valence-corrected chi connectivity index (χ1v) is 10.7. The number of nitrogens with zero attached hydrogens (tertiary/aromatic N) is 2. The van der Waals surface area contributed by atoms with Crippen molar-refractivity contribution in [2.75, 3.05) is 11.5 Å². The number of aliphatic hydroxyl groups is 1. The minimum Gasteiger partial charge on any atom is -0.507 e. The molecule has 1 amide bonds. The Balaban J connectivity index is 1.93. The fourth-order valence-electron chi connectivity index (χ4n) is 4.07. The van der Waals surface area contributed by atoms with E-state index in [-0.39, 0.29) is 16.8 Å². The highest BCUT2D eigenvalue weighted by Gasteiger charge is 2.47. The van der Waals surface area contributed by atoms with Gasteiger partial charge in [0.25, 0.3) is 17.4 Å². The molecule has 8 nitrogen and oxygen atoms in total. The van der Waals surface area contributed by atoms with E-state index in [0.29, 0.717) is 23.6 Å². The summed E-state index contributed by atoms with van der Waals surface area (Å²) in [6.07, 6.45) is 0. The van der Waals surface area contributed by atoms with Crippen molar-refractivity contribution in [3.63, 3.8) is 0 Å². The zero-order chi connectivity index (χ0) is 24.4. The number of rotatable bonds is 6. The molecule has 1 unspecified atom stereocenters. The molecule has 4 rings (SSSR count). The Bertz CT molecular complexity index is 1310. The van der Waals surface area contributed by atoms with Crippen molar-refractivity contribution in [3.05, 3.63) is 105 Å². The Kier molecular flexibility index (Phi) is 6.14. The van der Waals surface area contributed by atoms with E-state index in [0.717, 1.165) is 5.56 Å². The van der Waals surface area contributed by atoms with E-state index in [2.05, 4.69) is 0 Å². The maximum absolute atomic E-state index is 13.3. The molecule has 0 radical (unpaired) electrons. The van der Waals surface area contributed by atoms with Crippen LogP contribution in [-0.2, 0) is 9.59 Å². The van der Waals surface area contributed by atoms with Gasteiger partial charge in [-0.2, -0.15) is 0 Å². The molecule has 1 heterocycles.